The van der Waals surface area contributed by atoms with Crippen LogP contribution in [0.2, 0.25) is 0 Å². The molecule has 1 atom stereocenters. The van der Waals surface area contributed by atoms with Gasteiger partial charge in [-0.15, -0.1) is 0 Å². The second kappa shape index (κ2) is 6.42. The van der Waals surface area contributed by atoms with Gasteiger partial charge in [0.15, 0.2) is 0 Å². The van der Waals surface area contributed by atoms with Crippen LogP contribution in [0.3, 0.4) is 0 Å². The molecule has 1 aromatic rings. The molecule has 1 unspecified atom stereocenters. The Hall–Kier alpha value is -1.04. The second-order valence-electron chi connectivity index (χ2n) is 3.90. The first-order valence-electron chi connectivity index (χ1n) is 5.54. The number of benzene rings is 1. The molecular formula is C14H20. The SMILES string of the molecule is CCC(C)CCC=Cc1ccccc1. The summed E-state index contributed by atoms with van der Waals surface area (Å²) in [6.07, 6.45) is 8.28. The third-order valence-electron chi connectivity index (χ3n) is 2.63. The molecule has 0 amide bonds. The van der Waals surface area contributed by atoms with Crippen LogP contribution in [0.5, 0.6) is 0 Å². The largest absolute Gasteiger partial charge is 0.0839 e. The van der Waals surface area contributed by atoms with Gasteiger partial charge < -0.3 is 0 Å². The van der Waals surface area contributed by atoms with Crippen LogP contribution in [-0.2, 0) is 0 Å². The Kier molecular flexibility index (Phi) is 5.06. The molecule has 0 saturated heterocycles. The molecule has 0 N–H and O–H groups in total. The maximum Gasteiger partial charge on any atom is -0.0260 e. The van der Waals surface area contributed by atoms with Crippen LogP contribution in [0.15, 0.2) is 36.4 Å². The molecule has 0 aliphatic carbocycles. The summed E-state index contributed by atoms with van der Waals surface area (Å²) in [7, 11) is 0. The summed E-state index contributed by atoms with van der Waals surface area (Å²) in [4.78, 5) is 0. The van der Waals surface area contributed by atoms with Crippen molar-refractivity contribution in [1.29, 1.82) is 0 Å². The van der Waals surface area contributed by atoms with Gasteiger partial charge in [0.25, 0.3) is 0 Å². The number of hydrogen-bond acceptors (Lipinski definition) is 0. The lowest BCUT2D eigenvalue weighted by Crippen LogP contribution is -1.89. The monoisotopic (exact) mass is 188 g/mol. The van der Waals surface area contributed by atoms with Gasteiger partial charge in [-0.2, -0.15) is 0 Å². The van der Waals surface area contributed by atoms with Gasteiger partial charge in [-0.3, -0.25) is 0 Å². The Morgan fingerprint density at radius 1 is 1.21 bits per heavy atom. The number of hydrogen-bond donors (Lipinski definition) is 0. The van der Waals surface area contributed by atoms with Crippen molar-refractivity contribution in [2.24, 2.45) is 5.92 Å². The minimum Gasteiger partial charge on any atom is -0.0839 e. The molecular weight excluding hydrogens is 168 g/mol. The van der Waals surface area contributed by atoms with E-state index in [0.29, 0.717) is 0 Å². The molecule has 1 aromatic carbocycles. The van der Waals surface area contributed by atoms with E-state index in [4.69, 9.17) is 0 Å². The van der Waals surface area contributed by atoms with Crippen molar-refractivity contribution in [2.75, 3.05) is 0 Å². The van der Waals surface area contributed by atoms with Crippen LogP contribution < -0.4 is 0 Å². The quantitative estimate of drug-likeness (QED) is 0.637. The van der Waals surface area contributed by atoms with Gasteiger partial charge >= 0.3 is 0 Å². The summed E-state index contributed by atoms with van der Waals surface area (Å²) >= 11 is 0. The van der Waals surface area contributed by atoms with Gasteiger partial charge in [-0.25, -0.2) is 0 Å². The van der Waals surface area contributed by atoms with Gasteiger partial charge in [0.05, 0.1) is 0 Å². The van der Waals surface area contributed by atoms with Crippen molar-refractivity contribution >= 4 is 6.08 Å². The van der Waals surface area contributed by atoms with E-state index in [1.165, 1.54) is 24.8 Å². The fourth-order valence-electron chi connectivity index (χ4n) is 1.37. The minimum absolute atomic E-state index is 0.857. The first-order chi connectivity index (χ1) is 6.83. The summed E-state index contributed by atoms with van der Waals surface area (Å²) in [5, 5.41) is 0. The third kappa shape index (κ3) is 4.27. The maximum absolute atomic E-state index is 2.32. The molecule has 0 aliphatic heterocycles. The molecule has 0 saturated carbocycles. The Labute approximate surface area is 87.7 Å². The van der Waals surface area contributed by atoms with Crippen molar-refractivity contribution in [3.63, 3.8) is 0 Å². The molecule has 14 heavy (non-hydrogen) atoms. The summed E-state index contributed by atoms with van der Waals surface area (Å²) in [6, 6.07) is 10.5. The van der Waals surface area contributed by atoms with E-state index in [-0.39, 0.29) is 0 Å². The third-order valence-corrected chi connectivity index (χ3v) is 2.63. The summed E-state index contributed by atoms with van der Waals surface area (Å²) in [5.74, 6) is 0.857. The van der Waals surface area contributed by atoms with Crippen molar-refractivity contribution in [3.05, 3.63) is 42.0 Å². The highest BCUT2D eigenvalue weighted by Crippen LogP contribution is 2.10. The molecule has 0 spiro atoms. The van der Waals surface area contributed by atoms with E-state index in [9.17, 15) is 0 Å². The van der Waals surface area contributed by atoms with Gasteiger partial charge in [-0.05, 0) is 24.3 Å². The highest BCUT2D eigenvalue weighted by atomic mass is 14.0. The van der Waals surface area contributed by atoms with E-state index < -0.39 is 0 Å². The van der Waals surface area contributed by atoms with E-state index in [1.54, 1.807) is 0 Å². The van der Waals surface area contributed by atoms with Crippen LogP contribution in [0.4, 0.5) is 0 Å². The maximum atomic E-state index is 2.32. The Bertz CT molecular complexity index is 259. The van der Waals surface area contributed by atoms with E-state index in [1.807, 2.05) is 0 Å². The highest BCUT2D eigenvalue weighted by molar-refractivity contribution is 5.48. The van der Waals surface area contributed by atoms with Crippen LogP contribution in [0.1, 0.15) is 38.7 Å². The van der Waals surface area contributed by atoms with Crippen molar-refractivity contribution in [3.8, 4) is 0 Å². The van der Waals surface area contributed by atoms with Crippen LogP contribution >= 0.6 is 0 Å². The minimum atomic E-state index is 0.857. The molecule has 0 aromatic heterocycles. The lowest BCUT2D eigenvalue weighted by molar-refractivity contribution is 0.522. The molecule has 0 bridgehead atoms. The molecule has 0 heterocycles. The molecule has 0 aliphatic rings. The summed E-state index contributed by atoms with van der Waals surface area (Å²) < 4.78 is 0. The first-order valence-corrected chi connectivity index (χ1v) is 5.54. The zero-order valence-electron chi connectivity index (χ0n) is 9.24. The molecule has 76 valence electrons. The number of allylic oxidation sites excluding steroid dienone is 1. The van der Waals surface area contributed by atoms with Crippen molar-refractivity contribution < 1.29 is 0 Å². The summed E-state index contributed by atoms with van der Waals surface area (Å²) in [6.45, 7) is 4.57. The lowest BCUT2D eigenvalue weighted by atomic mass is 10.0. The van der Waals surface area contributed by atoms with Crippen molar-refractivity contribution in [1.82, 2.24) is 0 Å². The Morgan fingerprint density at radius 2 is 1.93 bits per heavy atom. The summed E-state index contributed by atoms with van der Waals surface area (Å²) in [5.41, 5.74) is 1.30. The van der Waals surface area contributed by atoms with Crippen LogP contribution in [-0.4, -0.2) is 0 Å². The Balaban J connectivity index is 2.28. The predicted molar refractivity (Wildman–Crippen MR) is 64.2 cm³/mol. The standard InChI is InChI=1S/C14H20/c1-3-13(2)9-7-8-12-14-10-5-4-6-11-14/h4-6,8,10-13H,3,7,9H2,1-2H3. The van der Waals surface area contributed by atoms with E-state index in [2.05, 4.69) is 56.3 Å². The smallest absolute Gasteiger partial charge is 0.0260 e. The average Bonchev–Trinajstić information content (AvgIpc) is 2.25. The fourth-order valence-corrected chi connectivity index (χ4v) is 1.37. The first kappa shape index (κ1) is 11.0. The second-order valence-corrected chi connectivity index (χ2v) is 3.90. The zero-order chi connectivity index (χ0) is 10.2. The topological polar surface area (TPSA) is 0 Å². The van der Waals surface area contributed by atoms with Gasteiger partial charge in [0.1, 0.15) is 0 Å². The van der Waals surface area contributed by atoms with Gasteiger partial charge in [0, 0.05) is 0 Å². The van der Waals surface area contributed by atoms with Crippen molar-refractivity contribution in [2.45, 2.75) is 33.1 Å². The number of rotatable bonds is 5. The van der Waals surface area contributed by atoms with Crippen LogP contribution in [0.25, 0.3) is 6.08 Å². The molecule has 0 fully saturated rings. The average molecular weight is 188 g/mol. The predicted octanol–water partition coefficient (Wildman–Crippen LogP) is 4.53. The molecule has 0 radical (unpaired) electrons. The Morgan fingerprint density at radius 3 is 2.57 bits per heavy atom. The highest BCUT2D eigenvalue weighted by Gasteiger charge is 1.94. The molecule has 0 heteroatoms. The van der Waals surface area contributed by atoms with E-state index in [0.717, 1.165) is 5.92 Å². The fraction of sp³-hybridized carbons (Fsp3) is 0.429. The lowest BCUT2D eigenvalue weighted by Gasteiger charge is -2.04. The van der Waals surface area contributed by atoms with Gasteiger partial charge in [0.2, 0.25) is 0 Å². The van der Waals surface area contributed by atoms with Gasteiger partial charge in [-0.1, -0.05) is 62.8 Å². The zero-order valence-corrected chi connectivity index (χ0v) is 9.24. The molecule has 1 rings (SSSR count). The van der Waals surface area contributed by atoms with E-state index >= 15 is 0 Å². The molecule has 0 nitrogen and oxygen atoms in total. The van der Waals surface area contributed by atoms with Crippen LogP contribution in [0, 0.1) is 5.92 Å². The normalized spacial score (nSPS) is 13.3.